The highest BCUT2D eigenvalue weighted by Gasteiger charge is 2.16. The lowest BCUT2D eigenvalue weighted by Gasteiger charge is -2.09. The molecule has 0 atom stereocenters. The van der Waals surface area contributed by atoms with Crippen molar-refractivity contribution >= 4 is 46.9 Å². The fourth-order valence-corrected chi connectivity index (χ4v) is 3.90. The Morgan fingerprint density at radius 1 is 0.966 bits per heavy atom. The fraction of sp³-hybridized carbons (Fsp3) is 0.227. The molecule has 148 valence electrons. The topological polar surface area (TPSA) is 62.2 Å². The number of nitrogens with zero attached hydrogens (tertiary/aromatic N) is 3. The summed E-state index contributed by atoms with van der Waals surface area (Å²) in [4.78, 5) is 8.54. The van der Waals surface area contributed by atoms with Gasteiger partial charge < -0.3 is 5.32 Å². The van der Waals surface area contributed by atoms with E-state index in [2.05, 4.69) is 50.1 Å². The molecule has 0 radical (unpaired) electrons. The van der Waals surface area contributed by atoms with Gasteiger partial charge in [-0.05, 0) is 48.1 Å². The van der Waals surface area contributed by atoms with Gasteiger partial charge in [0.05, 0.1) is 6.21 Å². The highest BCUT2D eigenvalue weighted by molar-refractivity contribution is 6.31. The van der Waals surface area contributed by atoms with Gasteiger partial charge in [0.15, 0.2) is 0 Å². The molecule has 29 heavy (non-hydrogen) atoms. The maximum atomic E-state index is 6.11. The first kappa shape index (κ1) is 19.7. The van der Waals surface area contributed by atoms with Crippen molar-refractivity contribution in [1.82, 2.24) is 9.97 Å². The van der Waals surface area contributed by atoms with Gasteiger partial charge in [0.2, 0.25) is 5.95 Å². The van der Waals surface area contributed by atoms with Crippen LogP contribution in [0.1, 0.15) is 42.7 Å². The molecular formula is C22H21Cl2N5. The number of benzene rings is 2. The minimum absolute atomic E-state index is 0.306. The van der Waals surface area contributed by atoms with Gasteiger partial charge in [-0.2, -0.15) is 15.1 Å². The van der Waals surface area contributed by atoms with E-state index < -0.39 is 0 Å². The van der Waals surface area contributed by atoms with Crippen molar-refractivity contribution < 1.29 is 0 Å². The molecule has 2 N–H and O–H groups in total. The summed E-state index contributed by atoms with van der Waals surface area (Å²) in [5.74, 6) is 1.57. The molecule has 1 fully saturated rings. The van der Waals surface area contributed by atoms with Crippen molar-refractivity contribution in [1.29, 1.82) is 0 Å². The molecule has 1 aliphatic carbocycles. The first-order valence-electron chi connectivity index (χ1n) is 9.62. The predicted octanol–water partition coefficient (Wildman–Crippen LogP) is 6.63. The summed E-state index contributed by atoms with van der Waals surface area (Å²) in [7, 11) is 0. The summed E-state index contributed by atoms with van der Waals surface area (Å²) in [5.41, 5.74) is 6.08. The molecule has 1 aliphatic rings. The van der Waals surface area contributed by atoms with Crippen LogP contribution >= 0.6 is 23.2 Å². The molecule has 0 amide bonds. The number of hydrazone groups is 1. The number of hydrogen-bond acceptors (Lipinski definition) is 5. The van der Waals surface area contributed by atoms with E-state index in [9.17, 15) is 0 Å². The highest BCUT2D eigenvalue weighted by atomic mass is 35.5. The number of rotatable bonds is 6. The monoisotopic (exact) mass is 425 g/mol. The number of nitrogens with one attached hydrogen (secondary N) is 2. The van der Waals surface area contributed by atoms with Gasteiger partial charge in [0, 0.05) is 16.8 Å². The molecule has 0 bridgehead atoms. The van der Waals surface area contributed by atoms with Crippen LogP contribution in [-0.2, 0) is 0 Å². The van der Waals surface area contributed by atoms with Crippen molar-refractivity contribution in [2.24, 2.45) is 5.10 Å². The van der Waals surface area contributed by atoms with E-state index >= 15 is 0 Å². The quantitative estimate of drug-likeness (QED) is 0.264. The zero-order valence-corrected chi connectivity index (χ0v) is 17.3. The van der Waals surface area contributed by atoms with Crippen LogP contribution in [0.3, 0.4) is 0 Å². The summed E-state index contributed by atoms with van der Waals surface area (Å²) < 4.78 is 0. The summed E-state index contributed by atoms with van der Waals surface area (Å²) in [6, 6.07) is 17.6. The van der Waals surface area contributed by atoms with Crippen LogP contribution in [0.5, 0.6) is 0 Å². The molecule has 3 aromatic rings. The van der Waals surface area contributed by atoms with E-state index in [1.165, 1.54) is 31.2 Å². The minimum atomic E-state index is 0.306. The van der Waals surface area contributed by atoms with Gasteiger partial charge in [-0.1, -0.05) is 66.4 Å². The lowest BCUT2D eigenvalue weighted by atomic mass is 9.97. The first-order chi connectivity index (χ1) is 14.2. The van der Waals surface area contributed by atoms with Crippen molar-refractivity contribution in [2.45, 2.75) is 31.6 Å². The number of anilines is 3. The average Bonchev–Trinajstić information content (AvgIpc) is 3.23. The molecule has 2 aromatic carbocycles. The van der Waals surface area contributed by atoms with E-state index in [0.717, 1.165) is 11.3 Å². The summed E-state index contributed by atoms with van der Waals surface area (Å²) in [6.07, 6.45) is 7.02. The lowest BCUT2D eigenvalue weighted by Crippen LogP contribution is -2.01. The molecule has 1 saturated carbocycles. The Labute approximate surface area is 180 Å². The zero-order chi connectivity index (χ0) is 20.1. The molecule has 0 unspecified atom stereocenters. The second-order valence-corrected chi connectivity index (χ2v) is 7.88. The van der Waals surface area contributed by atoms with Crippen LogP contribution in [0.25, 0.3) is 0 Å². The van der Waals surface area contributed by atoms with Crippen LogP contribution in [0, 0.1) is 0 Å². The van der Waals surface area contributed by atoms with Crippen LogP contribution in [0.15, 0.2) is 59.7 Å². The van der Waals surface area contributed by atoms with Gasteiger partial charge in [0.25, 0.3) is 0 Å². The largest absolute Gasteiger partial charge is 0.340 e. The van der Waals surface area contributed by atoms with E-state index in [0.29, 0.717) is 27.9 Å². The van der Waals surface area contributed by atoms with Crippen molar-refractivity contribution in [3.63, 3.8) is 0 Å². The Bertz CT molecular complexity index is 998. The highest BCUT2D eigenvalue weighted by Crippen LogP contribution is 2.33. The van der Waals surface area contributed by atoms with Crippen molar-refractivity contribution in [3.8, 4) is 0 Å². The molecule has 0 saturated heterocycles. The Morgan fingerprint density at radius 2 is 1.76 bits per heavy atom. The molecule has 0 spiro atoms. The molecule has 4 rings (SSSR count). The van der Waals surface area contributed by atoms with Gasteiger partial charge in [0.1, 0.15) is 11.0 Å². The van der Waals surface area contributed by atoms with Crippen LogP contribution < -0.4 is 10.7 Å². The van der Waals surface area contributed by atoms with E-state index in [-0.39, 0.29) is 0 Å². The maximum Gasteiger partial charge on any atom is 0.246 e. The normalized spacial score (nSPS) is 14.4. The third kappa shape index (κ3) is 5.46. The first-order valence-corrected chi connectivity index (χ1v) is 10.4. The maximum absolute atomic E-state index is 6.11. The average molecular weight is 426 g/mol. The Kier molecular flexibility index (Phi) is 6.27. The van der Waals surface area contributed by atoms with E-state index in [1.807, 2.05) is 18.2 Å². The lowest BCUT2D eigenvalue weighted by molar-refractivity contribution is 0.723. The minimum Gasteiger partial charge on any atom is -0.340 e. The zero-order valence-electron chi connectivity index (χ0n) is 15.8. The van der Waals surface area contributed by atoms with Gasteiger partial charge in [-0.3, -0.25) is 0 Å². The summed E-state index contributed by atoms with van der Waals surface area (Å²) in [6.45, 7) is 0. The van der Waals surface area contributed by atoms with Crippen LogP contribution in [0.4, 0.5) is 17.5 Å². The number of hydrogen-bond donors (Lipinski definition) is 2. The van der Waals surface area contributed by atoms with Crippen LogP contribution in [-0.4, -0.2) is 16.2 Å². The fourth-order valence-electron chi connectivity index (χ4n) is 3.52. The molecule has 7 heteroatoms. The summed E-state index contributed by atoms with van der Waals surface area (Å²) >= 11 is 12.1. The predicted molar refractivity (Wildman–Crippen MR) is 121 cm³/mol. The number of aromatic nitrogens is 2. The van der Waals surface area contributed by atoms with Crippen molar-refractivity contribution in [2.75, 3.05) is 10.7 Å². The standard InChI is InChI=1S/C22H21Cl2N5/c23-18-6-3-7-19(12-18)26-21-13-20(24)27-22(28-21)29-25-14-15-8-10-17(11-9-15)16-4-1-2-5-16/h3,6-14,16H,1-2,4-5H2,(H2,26,27,28,29)/b25-14+. The molecule has 1 aromatic heterocycles. The SMILES string of the molecule is Clc1cccc(Nc2cc(Cl)nc(N/N=C/c3ccc(C4CCCC4)cc3)n2)c1. The Balaban J connectivity index is 1.40. The molecule has 1 heterocycles. The van der Waals surface area contributed by atoms with E-state index in [4.69, 9.17) is 23.2 Å². The number of halogens is 2. The van der Waals surface area contributed by atoms with Crippen LogP contribution in [0.2, 0.25) is 10.2 Å². The second-order valence-electron chi connectivity index (χ2n) is 7.05. The third-order valence-corrected chi connectivity index (χ3v) is 5.36. The van der Waals surface area contributed by atoms with Gasteiger partial charge in [-0.25, -0.2) is 5.43 Å². The molecule has 0 aliphatic heterocycles. The van der Waals surface area contributed by atoms with Gasteiger partial charge in [-0.15, -0.1) is 0 Å². The Hall–Kier alpha value is -2.63. The van der Waals surface area contributed by atoms with E-state index in [1.54, 1.807) is 18.3 Å². The molecule has 5 nitrogen and oxygen atoms in total. The van der Waals surface area contributed by atoms with Crippen molar-refractivity contribution in [3.05, 3.63) is 75.9 Å². The smallest absolute Gasteiger partial charge is 0.246 e. The second kappa shape index (κ2) is 9.25. The Morgan fingerprint density at radius 3 is 2.52 bits per heavy atom. The molecular weight excluding hydrogens is 405 g/mol. The third-order valence-electron chi connectivity index (χ3n) is 4.93. The summed E-state index contributed by atoms with van der Waals surface area (Å²) in [5, 5.41) is 8.33. The van der Waals surface area contributed by atoms with Gasteiger partial charge >= 0.3 is 0 Å².